The Morgan fingerprint density at radius 2 is 2.06 bits per heavy atom. The molecule has 0 aliphatic heterocycles. The molecule has 2 aromatic heterocycles. The van der Waals surface area contributed by atoms with Crippen LogP contribution in [0.2, 0.25) is 0 Å². The van der Waals surface area contributed by atoms with Gasteiger partial charge < -0.3 is 5.73 Å². The van der Waals surface area contributed by atoms with Crippen LogP contribution in [0.3, 0.4) is 0 Å². The van der Waals surface area contributed by atoms with Crippen molar-refractivity contribution in [3.8, 4) is 5.82 Å². The van der Waals surface area contributed by atoms with Gasteiger partial charge in [-0.05, 0) is 12.8 Å². The first-order valence-corrected chi connectivity index (χ1v) is 5.22. The predicted octanol–water partition coefficient (Wildman–Crippen LogP) is 1.68. The molecule has 0 spiro atoms. The molecule has 0 unspecified atom stereocenters. The highest BCUT2D eigenvalue weighted by Gasteiger charge is 2.07. The summed E-state index contributed by atoms with van der Waals surface area (Å²) in [7, 11) is 0. The Hall–Kier alpha value is -1.91. The summed E-state index contributed by atoms with van der Waals surface area (Å²) < 4.78 is 1.68. The van der Waals surface area contributed by atoms with Crippen LogP contribution >= 0.6 is 0 Å². The molecule has 0 aliphatic rings. The van der Waals surface area contributed by atoms with Crippen LogP contribution in [0, 0.1) is 6.92 Å². The molecule has 2 N–H and O–H groups in total. The van der Waals surface area contributed by atoms with Gasteiger partial charge in [0.05, 0.1) is 0 Å². The topological polar surface area (TPSA) is 69.6 Å². The molecule has 0 bridgehead atoms. The number of aryl methyl sites for hydroxylation is 1. The lowest BCUT2D eigenvalue weighted by atomic mass is 10.1. The third-order valence-corrected chi connectivity index (χ3v) is 2.44. The lowest BCUT2D eigenvalue weighted by Gasteiger charge is -2.05. The van der Waals surface area contributed by atoms with Crippen molar-refractivity contribution in [2.45, 2.75) is 26.7 Å². The van der Waals surface area contributed by atoms with Crippen molar-refractivity contribution in [2.24, 2.45) is 0 Å². The van der Waals surface area contributed by atoms with Crippen molar-refractivity contribution >= 4 is 5.82 Å². The second-order valence-electron chi connectivity index (χ2n) is 4.10. The minimum atomic E-state index is 0.371. The van der Waals surface area contributed by atoms with E-state index in [1.165, 1.54) is 0 Å². The van der Waals surface area contributed by atoms with Gasteiger partial charge in [0.2, 0.25) is 0 Å². The third-order valence-electron chi connectivity index (χ3n) is 2.44. The van der Waals surface area contributed by atoms with E-state index in [9.17, 15) is 0 Å². The zero-order chi connectivity index (χ0) is 11.7. The molecule has 0 radical (unpaired) electrons. The highest BCUT2D eigenvalue weighted by atomic mass is 15.3. The molecule has 0 atom stereocenters. The minimum Gasteiger partial charge on any atom is -0.382 e. The number of nitrogens with zero attached hydrogens (tertiary/aromatic N) is 4. The summed E-state index contributed by atoms with van der Waals surface area (Å²) in [5.74, 6) is 1.65. The molecular formula is C11H15N5. The highest BCUT2D eigenvalue weighted by Crippen LogP contribution is 2.15. The van der Waals surface area contributed by atoms with Crippen molar-refractivity contribution in [1.82, 2.24) is 19.7 Å². The molecule has 5 heteroatoms. The number of rotatable bonds is 2. The van der Waals surface area contributed by atoms with E-state index in [1.54, 1.807) is 11.0 Å². The maximum absolute atomic E-state index is 5.70. The molecule has 0 saturated carbocycles. The number of anilines is 1. The van der Waals surface area contributed by atoms with Crippen LogP contribution in [0.25, 0.3) is 5.82 Å². The van der Waals surface area contributed by atoms with Crippen molar-refractivity contribution in [3.63, 3.8) is 0 Å². The second kappa shape index (κ2) is 3.92. The van der Waals surface area contributed by atoms with Crippen LogP contribution in [0.4, 0.5) is 5.82 Å². The van der Waals surface area contributed by atoms with Gasteiger partial charge in [-0.1, -0.05) is 13.8 Å². The quantitative estimate of drug-likeness (QED) is 0.830. The molecule has 0 aromatic carbocycles. The van der Waals surface area contributed by atoms with Gasteiger partial charge >= 0.3 is 0 Å². The summed E-state index contributed by atoms with van der Waals surface area (Å²) in [6, 6.07) is 1.93. The molecular weight excluding hydrogens is 202 g/mol. The number of nitrogens with two attached hydrogens (primary N) is 1. The highest BCUT2D eigenvalue weighted by molar-refractivity contribution is 5.39. The summed E-state index contributed by atoms with van der Waals surface area (Å²) in [6.45, 7) is 6.10. The van der Waals surface area contributed by atoms with Gasteiger partial charge in [0, 0.05) is 23.5 Å². The fraction of sp³-hybridized carbons (Fsp3) is 0.364. The van der Waals surface area contributed by atoms with Gasteiger partial charge in [0.25, 0.3) is 0 Å². The average Bonchev–Trinajstić information content (AvgIpc) is 2.59. The summed E-state index contributed by atoms with van der Waals surface area (Å²) in [5.41, 5.74) is 7.65. The maximum Gasteiger partial charge on any atom is 0.157 e. The lowest BCUT2D eigenvalue weighted by molar-refractivity contribution is 0.785. The smallest absolute Gasteiger partial charge is 0.157 e. The molecule has 16 heavy (non-hydrogen) atoms. The van der Waals surface area contributed by atoms with Crippen molar-refractivity contribution < 1.29 is 0 Å². The van der Waals surface area contributed by atoms with E-state index in [-0.39, 0.29) is 0 Å². The van der Waals surface area contributed by atoms with Crippen LogP contribution in [-0.2, 0) is 0 Å². The SMILES string of the molecule is Cc1cn(-c2cc(C(C)C)ncn2)nc1N. The average molecular weight is 217 g/mol. The molecule has 2 aromatic rings. The van der Waals surface area contributed by atoms with Crippen molar-refractivity contribution in [2.75, 3.05) is 5.73 Å². The van der Waals surface area contributed by atoms with Crippen LogP contribution in [0.1, 0.15) is 31.0 Å². The summed E-state index contributed by atoms with van der Waals surface area (Å²) in [5, 5.41) is 4.19. The van der Waals surface area contributed by atoms with E-state index in [0.717, 1.165) is 17.1 Å². The first-order valence-electron chi connectivity index (χ1n) is 5.22. The fourth-order valence-electron chi connectivity index (χ4n) is 1.39. The number of aromatic nitrogens is 4. The van der Waals surface area contributed by atoms with E-state index in [2.05, 4.69) is 28.9 Å². The Balaban J connectivity index is 2.44. The van der Waals surface area contributed by atoms with Crippen LogP contribution < -0.4 is 5.73 Å². The Kier molecular flexibility index (Phi) is 2.60. The molecule has 0 saturated heterocycles. The molecule has 0 aliphatic carbocycles. The largest absolute Gasteiger partial charge is 0.382 e. The van der Waals surface area contributed by atoms with E-state index in [1.807, 2.05) is 19.2 Å². The third kappa shape index (κ3) is 1.88. The molecule has 2 heterocycles. The van der Waals surface area contributed by atoms with Crippen molar-refractivity contribution in [1.29, 1.82) is 0 Å². The van der Waals surface area contributed by atoms with Crippen LogP contribution in [0.5, 0.6) is 0 Å². The second-order valence-corrected chi connectivity index (χ2v) is 4.10. The molecule has 84 valence electrons. The van der Waals surface area contributed by atoms with Crippen molar-refractivity contribution in [3.05, 3.63) is 29.8 Å². The molecule has 2 rings (SSSR count). The van der Waals surface area contributed by atoms with Gasteiger partial charge in [0.15, 0.2) is 5.82 Å². The Morgan fingerprint density at radius 3 is 2.62 bits per heavy atom. The van der Waals surface area contributed by atoms with Crippen LogP contribution in [0.15, 0.2) is 18.6 Å². The van der Waals surface area contributed by atoms with Gasteiger partial charge in [-0.15, -0.1) is 5.10 Å². The van der Waals surface area contributed by atoms with E-state index in [4.69, 9.17) is 5.73 Å². The monoisotopic (exact) mass is 217 g/mol. The van der Waals surface area contributed by atoms with Gasteiger partial charge in [-0.25, -0.2) is 14.6 Å². The lowest BCUT2D eigenvalue weighted by Crippen LogP contribution is -2.02. The summed E-state index contributed by atoms with van der Waals surface area (Å²) in [4.78, 5) is 8.39. The Labute approximate surface area is 94.3 Å². The van der Waals surface area contributed by atoms with Gasteiger partial charge in [-0.2, -0.15) is 0 Å². The standard InChI is InChI=1S/C11H15N5/c1-7(2)9-4-10(14-6-13-9)16-5-8(3)11(12)15-16/h4-7H,1-3H3,(H2,12,15). The maximum atomic E-state index is 5.70. The predicted molar refractivity (Wildman–Crippen MR) is 62.4 cm³/mol. The first-order chi connectivity index (χ1) is 7.58. The number of hydrogen-bond donors (Lipinski definition) is 1. The molecule has 0 amide bonds. The summed E-state index contributed by atoms with van der Waals surface area (Å²) >= 11 is 0. The van der Waals surface area contributed by atoms with E-state index >= 15 is 0 Å². The van der Waals surface area contributed by atoms with E-state index in [0.29, 0.717) is 11.7 Å². The molecule has 5 nitrogen and oxygen atoms in total. The molecule has 0 fully saturated rings. The fourth-order valence-corrected chi connectivity index (χ4v) is 1.39. The zero-order valence-electron chi connectivity index (χ0n) is 9.68. The minimum absolute atomic E-state index is 0.371. The zero-order valence-corrected chi connectivity index (χ0v) is 9.68. The van der Waals surface area contributed by atoms with E-state index < -0.39 is 0 Å². The Bertz CT molecular complexity index is 481. The normalized spacial score (nSPS) is 11.0. The number of hydrogen-bond acceptors (Lipinski definition) is 4. The Morgan fingerprint density at radius 1 is 1.31 bits per heavy atom. The summed E-state index contributed by atoms with van der Waals surface area (Å²) in [6.07, 6.45) is 3.42. The number of nitrogen functional groups attached to an aromatic ring is 1. The van der Waals surface area contributed by atoms with Gasteiger partial charge in [0.1, 0.15) is 12.1 Å². The van der Waals surface area contributed by atoms with Crippen LogP contribution in [-0.4, -0.2) is 19.7 Å². The first kappa shape index (κ1) is 10.6. The van der Waals surface area contributed by atoms with Gasteiger partial charge in [-0.3, -0.25) is 0 Å².